The number of pyridine rings is 1. The molecule has 0 saturated carbocycles. The van der Waals surface area contributed by atoms with Gasteiger partial charge >= 0.3 is 0 Å². The Balaban J connectivity index is 1.87. The summed E-state index contributed by atoms with van der Waals surface area (Å²) >= 11 is 1.71. The van der Waals surface area contributed by atoms with Crippen LogP contribution in [-0.4, -0.2) is 4.98 Å². The first-order valence-corrected chi connectivity index (χ1v) is 7.25. The van der Waals surface area contributed by atoms with Crippen molar-refractivity contribution in [2.75, 3.05) is 0 Å². The molecule has 96 valence electrons. The van der Waals surface area contributed by atoms with E-state index in [2.05, 4.69) is 47.6 Å². The molecule has 2 N–H and O–H groups in total. The van der Waals surface area contributed by atoms with Gasteiger partial charge in [-0.25, -0.2) is 0 Å². The van der Waals surface area contributed by atoms with Gasteiger partial charge in [0.25, 0.3) is 0 Å². The lowest BCUT2D eigenvalue weighted by Gasteiger charge is -2.13. The predicted octanol–water partition coefficient (Wildman–Crippen LogP) is 3.85. The minimum absolute atomic E-state index is 0.0000926. The molecule has 0 radical (unpaired) electrons. The SMILES string of the molecule is Cc1ccccc1CC(N)c1cnc2ccsc2c1. The van der Waals surface area contributed by atoms with Gasteiger partial charge in [-0.05, 0) is 47.5 Å². The molecule has 19 heavy (non-hydrogen) atoms. The van der Waals surface area contributed by atoms with Gasteiger partial charge in [0.2, 0.25) is 0 Å². The summed E-state index contributed by atoms with van der Waals surface area (Å²) in [6.07, 6.45) is 2.75. The van der Waals surface area contributed by atoms with Crippen molar-refractivity contribution in [2.24, 2.45) is 5.73 Å². The lowest BCUT2D eigenvalue weighted by atomic mass is 9.98. The van der Waals surface area contributed by atoms with E-state index >= 15 is 0 Å². The maximum Gasteiger partial charge on any atom is 0.0809 e. The summed E-state index contributed by atoms with van der Waals surface area (Å²) in [6.45, 7) is 2.13. The molecule has 0 bridgehead atoms. The number of fused-ring (bicyclic) bond motifs is 1. The van der Waals surface area contributed by atoms with Gasteiger partial charge in [0.05, 0.1) is 10.2 Å². The zero-order chi connectivity index (χ0) is 13.2. The van der Waals surface area contributed by atoms with Crippen molar-refractivity contribution in [2.45, 2.75) is 19.4 Å². The summed E-state index contributed by atoms with van der Waals surface area (Å²) in [4.78, 5) is 4.46. The smallest absolute Gasteiger partial charge is 0.0809 e. The molecule has 0 aliphatic carbocycles. The highest BCUT2D eigenvalue weighted by Gasteiger charge is 2.10. The Hall–Kier alpha value is -1.71. The molecule has 3 heteroatoms. The largest absolute Gasteiger partial charge is 0.324 e. The topological polar surface area (TPSA) is 38.9 Å². The second-order valence-electron chi connectivity index (χ2n) is 4.81. The number of benzene rings is 1. The molecule has 3 rings (SSSR count). The third-order valence-electron chi connectivity index (χ3n) is 3.45. The van der Waals surface area contributed by atoms with Crippen molar-refractivity contribution in [3.63, 3.8) is 0 Å². The summed E-state index contributed by atoms with van der Waals surface area (Å²) in [5.74, 6) is 0. The number of hydrogen-bond donors (Lipinski definition) is 1. The fourth-order valence-electron chi connectivity index (χ4n) is 2.26. The quantitative estimate of drug-likeness (QED) is 0.783. The molecule has 3 aromatic rings. The molecule has 0 saturated heterocycles. The third kappa shape index (κ3) is 2.53. The van der Waals surface area contributed by atoms with Gasteiger partial charge in [0.15, 0.2) is 0 Å². The molecular formula is C16H16N2S. The van der Waals surface area contributed by atoms with Crippen LogP contribution in [0.5, 0.6) is 0 Å². The van der Waals surface area contributed by atoms with Crippen LogP contribution < -0.4 is 5.73 Å². The van der Waals surface area contributed by atoms with E-state index in [0.717, 1.165) is 17.5 Å². The molecule has 0 fully saturated rings. The highest BCUT2D eigenvalue weighted by atomic mass is 32.1. The summed E-state index contributed by atoms with van der Waals surface area (Å²) in [7, 11) is 0. The second kappa shape index (κ2) is 5.11. The van der Waals surface area contributed by atoms with E-state index in [1.807, 2.05) is 12.3 Å². The Kier molecular flexibility index (Phi) is 3.32. The van der Waals surface area contributed by atoms with E-state index < -0.39 is 0 Å². The van der Waals surface area contributed by atoms with Crippen molar-refractivity contribution in [3.05, 3.63) is 64.7 Å². The fourth-order valence-corrected chi connectivity index (χ4v) is 3.05. The maximum atomic E-state index is 6.32. The summed E-state index contributed by atoms with van der Waals surface area (Å²) in [5.41, 5.74) is 11.1. The van der Waals surface area contributed by atoms with Gasteiger partial charge in [-0.2, -0.15) is 0 Å². The zero-order valence-electron chi connectivity index (χ0n) is 10.8. The van der Waals surface area contributed by atoms with Gasteiger partial charge in [-0.15, -0.1) is 11.3 Å². The number of aromatic nitrogens is 1. The standard InChI is InChI=1S/C16H16N2S/c1-11-4-2-3-5-12(11)8-14(17)13-9-16-15(18-10-13)6-7-19-16/h2-7,9-10,14H,8,17H2,1H3. The Morgan fingerprint density at radius 3 is 2.95 bits per heavy atom. The number of hydrogen-bond acceptors (Lipinski definition) is 3. The van der Waals surface area contributed by atoms with Crippen LogP contribution in [0, 0.1) is 6.92 Å². The van der Waals surface area contributed by atoms with Crippen LogP contribution in [0.4, 0.5) is 0 Å². The van der Waals surface area contributed by atoms with Crippen molar-refractivity contribution in [1.29, 1.82) is 0 Å². The summed E-state index contributed by atoms with van der Waals surface area (Å²) in [5, 5.41) is 2.06. The van der Waals surface area contributed by atoms with E-state index in [1.165, 1.54) is 15.8 Å². The molecular weight excluding hydrogens is 252 g/mol. The first-order chi connectivity index (χ1) is 9.24. The normalized spacial score (nSPS) is 12.7. The highest BCUT2D eigenvalue weighted by molar-refractivity contribution is 7.17. The molecule has 0 aliphatic heterocycles. The molecule has 0 amide bonds. The van der Waals surface area contributed by atoms with Crippen molar-refractivity contribution in [1.82, 2.24) is 4.98 Å². The van der Waals surface area contributed by atoms with Crippen LogP contribution in [0.25, 0.3) is 10.2 Å². The lowest BCUT2D eigenvalue weighted by Crippen LogP contribution is -2.14. The lowest BCUT2D eigenvalue weighted by molar-refractivity contribution is 0.717. The molecule has 1 atom stereocenters. The van der Waals surface area contributed by atoms with Crippen LogP contribution in [0.2, 0.25) is 0 Å². The molecule has 0 spiro atoms. The van der Waals surface area contributed by atoms with E-state index in [0.29, 0.717) is 0 Å². The molecule has 0 aliphatic rings. The van der Waals surface area contributed by atoms with Gasteiger partial charge < -0.3 is 5.73 Å². The predicted molar refractivity (Wildman–Crippen MR) is 81.4 cm³/mol. The van der Waals surface area contributed by atoms with Crippen molar-refractivity contribution in [3.8, 4) is 0 Å². The van der Waals surface area contributed by atoms with Crippen LogP contribution in [-0.2, 0) is 6.42 Å². The Morgan fingerprint density at radius 1 is 1.26 bits per heavy atom. The van der Waals surface area contributed by atoms with Crippen molar-refractivity contribution < 1.29 is 0 Å². The van der Waals surface area contributed by atoms with Gasteiger partial charge in [0, 0.05) is 12.2 Å². The number of thiophene rings is 1. The average Bonchev–Trinajstić information content (AvgIpc) is 2.88. The maximum absolute atomic E-state index is 6.32. The van der Waals surface area contributed by atoms with E-state index in [1.54, 1.807) is 11.3 Å². The van der Waals surface area contributed by atoms with Gasteiger partial charge in [-0.1, -0.05) is 24.3 Å². The van der Waals surface area contributed by atoms with Crippen molar-refractivity contribution >= 4 is 21.6 Å². The van der Waals surface area contributed by atoms with Gasteiger partial charge in [-0.3, -0.25) is 4.98 Å². The average molecular weight is 268 g/mol. The van der Waals surface area contributed by atoms with Crippen LogP contribution >= 0.6 is 11.3 Å². The minimum Gasteiger partial charge on any atom is -0.324 e. The summed E-state index contributed by atoms with van der Waals surface area (Å²) in [6, 6.07) is 12.6. The Labute approximate surface area is 116 Å². The molecule has 2 heterocycles. The second-order valence-corrected chi connectivity index (χ2v) is 5.76. The van der Waals surface area contributed by atoms with E-state index in [9.17, 15) is 0 Å². The number of nitrogens with two attached hydrogens (primary N) is 1. The molecule has 2 nitrogen and oxygen atoms in total. The number of rotatable bonds is 3. The van der Waals surface area contributed by atoms with Gasteiger partial charge in [0.1, 0.15) is 0 Å². The number of nitrogens with zero attached hydrogens (tertiary/aromatic N) is 1. The van der Waals surface area contributed by atoms with E-state index in [-0.39, 0.29) is 6.04 Å². The zero-order valence-corrected chi connectivity index (χ0v) is 11.7. The molecule has 2 aromatic heterocycles. The Morgan fingerprint density at radius 2 is 2.11 bits per heavy atom. The highest BCUT2D eigenvalue weighted by Crippen LogP contribution is 2.24. The monoisotopic (exact) mass is 268 g/mol. The third-order valence-corrected chi connectivity index (χ3v) is 4.31. The first-order valence-electron chi connectivity index (χ1n) is 6.37. The van der Waals surface area contributed by atoms with Crippen LogP contribution in [0.1, 0.15) is 22.7 Å². The van der Waals surface area contributed by atoms with E-state index in [4.69, 9.17) is 5.73 Å². The molecule has 1 aromatic carbocycles. The fraction of sp³-hybridized carbons (Fsp3) is 0.188. The van der Waals surface area contributed by atoms with Crippen LogP contribution in [0.3, 0.4) is 0 Å². The summed E-state index contributed by atoms with van der Waals surface area (Å²) < 4.78 is 1.21. The molecule has 1 unspecified atom stereocenters. The number of aryl methyl sites for hydroxylation is 1. The minimum atomic E-state index is 0.0000926. The first kappa shape index (κ1) is 12.3. The Bertz CT molecular complexity index is 703. The van der Waals surface area contributed by atoms with Crippen LogP contribution in [0.15, 0.2) is 48.0 Å².